The van der Waals surface area contributed by atoms with Crippen molar-refractivity contribution in [2.75, 3.05) is 171 Å². The molecule has 710 valence electrons. The van der Waals surface area contributed by atoms with Gasteiger partial charge in [0, 0.05) is 115 Å². The third kappa shape index (κ3) is 13.4. The van der Waals surface area contributed by atoms with Crippen molar-refractivity contribution in [2.45, 2.75) is 208 Å². The molecule has 10 fully saturated rings. The number of hydrogen-bond acceptors (Lipinski definition) is 28. The highest BCUT2D eigenvalue weighted by Gasteiger charge is 2.74. The number of methoxy groups -OCH3 is 6. The van der Waals surface area contributed by atoms with E-state index in [4.69, 9.17) is 109 Å². The van der Waals surface area contributed by atoms with Gasteiger partial charge in [-0.3, -0.25) is 28.6 Å². The molecule has 5 aromatic rings. The molecule has 10 aliphatic carbocycles. The molecule has 131 heavy (non-hydrogen) atoms. The van der Waals surface area contributed by atoms with E-state index in [-0.39, 0.29) is 71.9 Å². The topological polar surface area (TPSA) is 336 Å². The third-order valence-corrected chi connectivity index (χ3v) is 34.1. The Bertz CT molecular complexity index is 5540. The number of aliphatic hydroxyl groups excluding tert-OH is 3. The fourth-order valence-corrected chi connectivity index (χ4v) is 29.0. The number of hydrogen-bond donors (Lipinski definition) is 6. The molecule has 16 atom stereocenters. The average molecular weight is 1830 g/mol. The molecule has 27 rings (SSSR count). The highest BCUT2D eigenvalue weighted by molar-refractivity contribution is 7.79. The number of allylic oxidation sites excluding steroid dienone is 2. The number of aromatic hydroxyl groups is 1. The Kier molecular flexibility index (Phi) is 23.5. The van der Waals surface area contributed by atoms with Gasteiger partial charge in [-0.25, -0.2) is 0 Å². The Morgan fingerprint density at radius 3 is 1.42 bits per heavy atom. The van der Waals surface area contributed by atoms with Crippen LogP contribution in [-0.4, -0.2) is 311 Å². The number of phenols is 1. The predicted octanol–water partition coefficient (Wildman–Crippen LogP) is 9.03. The number of ether oxygens (including phenoxy) is 16. The molecule has 6 unspecified atom stereocenters. The van der Waals surface area contributed by atoms with E-state index in [0.29, 0.717) is 99.6 Å². The van der Waals surface area contributed by atoms with Crippen molar-refractivity contribution in [3.8, 4) is 57.5 Å². The molecule has 5 aromatic carbocycles. The van der Waals surface area contributed by atoms with E-state index in [1.807, 2.05) is 18.2 Å². The normalized spacial score (nSPS) is 34.0. The number of carbonyl (C=O) groups excluding carboxylic acids is 1. The molecule has 12 aliphatic heterocycles. The minimum Gasteiger partial charge on any atom is -0.504 e. The second-order valence-corrected chi connectivity index (χ2v) is 40.1. The fourth-order valence-electron chi connectivity index (χ4n) is 29.0. The van der Waals surface area contributed by atoms with Gasteiger partial charge in [0.2, 0.25) is 11.6 Å². The highest BCUT2D eigenvalue weighted by Crippen LogP contribution is 2.71. The van der Waals surface area contributed by atoms with Crippen molar-refractivity contribution in [1.29, 1.82) is 0 Å². The molecule has 12 heterocycles. The largest absolute Gasteiger partial charge is 0.504 e. The Morgan fingerprint density at radius 1 is 0.435 bits per heavy atom. The quantitative estimate of drug-likeness (QED) is 0.0653. The Labute approximate surface area is 767 Å². The van der Waals surface area contributed by atoms with Crippen LogP contribution in [0.1, 0.15) is 134 Å². The summed E-state index contributed by atoms with van der Waals surface area (Å²) >= 11 is 0. The zero-order valence-corrected chi connectivity index (χ0v) is 78.0. The number of likely N-dealkylation sites (tertiary alicyclic amines) is 5. The van der Waals surface area contributed by atoms with Crippen LogP contribution in [0.4, 0.5) is 0 Å². The first-order valence-corrected chi connectivity index (χ1v) is 48.1. The van der Waals surface area contributed by atoms with Crippen molar-refractivity contribution in [1.82, 2.24) is 24.5 Å². The van der Waals surface area contributed by atoms with Crippen molar-refractivity contribution in [2.24, 2.45) is 11.8 Å². The van der Waals surface area contributed by atoms with E-state index in [1.54, 1.807) is 42.7 Å². The maximum absolute atomic E-state index is 12.6. The van der Waals surface area contributed by atoms with Crippen LogP contribution < -0.4 is 42.6 Å². The number of likely N-dealkylation sites (N-methyl/N-ethyl adjacent to an activating group) is 5. The first-order valence-electron chi connectivity index (χ1n) is 46.7. The lowest BCUT2D eigenvalue weighted by molar-refractivity contribution is -0.260. The summed E-state index contributed by atoms with van der Waals surface area (Å²) in [5.41, 5.74) is 17.2. The van der Waals surface area contributed by atoms with Gasteiger partial charge in [0.15, 0.2) is 93.5 Å². The molecule has 8 saturated heterocycles. The predicted molar refractivity (Wildman–Crippen MR) is 483 cm³/mol. The molecule has 6 N–H and O–H groups in total. The molecule has 0 aromatic heterocycles. The SMILES string of the molecule is CO.COC1=CC=C2C3Cc4ccc(OC)c5c4[C@@]2(CCN3C)[C@H]1O5.COc1ccc2c(c1O)[C@]13CCN(C)C(C2)C1=CCC1(C3)OCCO1.COc1ccc2c3c1O[C@H]1C(=O)CC[C@H]4C(C2)N(C)CC[C@]314.COc1ccc2c3c1O[C@H]1C4(CC=C5C(C2)N(C)CC[C@]531)OCCO4.COc1ccc2c3c1O[C@H]1C4(CCC5C(C2)N(C)CC[C@@]351)OCCO4.O=S(=O)(O)O.OCCO.[HH]. The lowest BCUT2D eigenvalue weighted by atomic mass is 9.50. The van der Waals surface area contributed by atoms with E-state index in [9.17, 15) is 9.90 Å². The molecule has 0 amide bonds. The number of ketones is 1. The summed E-state index contributed by atoms with van der Waals surface area (Å²) in [6.45, 7) is 8.98. The van der Waals surface area contributed by atoms with E-state index in [2.05, 4.69) is 127 Å². The van der Waals surface area contributed by atoms with Crippen molar-refractivity contribution in [3.05, 3.63) is 163 Å². The van der Waals surface area contributed by atoms with Crippen molar-refractivity contribution >= 4 is 16.2 Å². The average Bonchev–Trinajstić information content (AvgIpc) is 1.50. The summed E-state index contributed by atoms with van der Waals surface area (Å²) in [6.07, 6.45) is 25.1. The van der Waals surface area contributed by atoms with E-state index < -0.39 is 27.8 Å². The number of phenolic OH excluding ortho intramolecular Hbond substituents is 1. The number of benzene rings is 5. The molecular formula is C100H129N5O25S. The van der Waals surface area contributed by atoms with Gasteiger partial charge in [0.1, 0.15) is 5.76 Å². The van der Waals surface area contributed by atoms with Crippen LogP contribution >= 0.6 is 0 Å². The van der Waals surface area contributed by atoms with Gasteiger partial charge in [-0.2, -0.15) is 8.42 Å². The summed E-state index contributed by atoms with van der Waals surface area (Å²) in [6, 6.07) is 23.5. The fraction of sp³-hybridized carbons (Fsp3) is 0.610. The number of carbonyl (C=O) groups is 1. The number of fused-ring (bicyclic) bond motifs is 3. The number of aliphatic hydroxyl groups is 3. The molecule has 7 spiro atoms. The zero-order chi connectivity index (χ0) is 91.6. The van der Waals surface area contributed by atoms with Gasteiger partial charge in [0.25, 0.3) is 0 Å². The van der Waals surface area contributed by atoms with Crippen LogP contribution in [0.5, 0.6) is 57.5 Å². The third-order valence-electron chi connectivity index (χ3n) is 34.1. The second kappa shape index (κ2) is 34.0. The molecule has 31 heteroatoms. The molecule has 30 nitrogen and oxygen atoms in total. The van der Waals surface area contributed by atoms with Crippen molar-refractivity contribution in [3.63, 3.8) is 0 Å². The van der Waals surface area contributed by atoms with Crippen LogP contribution in [0.15, 0.2) is 107 Å². The molecule has 22 aliphatic rings. The maximum atomic E-state index is 12.6. The van der Waals surface area contributed by atoms with Gasteiger partial charge < -0.3 is 106 Å². The monoisotopic (exact) mass is 1830 g/mol. The van der Waals surface area contributed by atoms with E-state index in [0.717, 1.165) is 200 Å². The first kappa shape index (κ1) is 90.6. The number of rotatable bonds is 7. The van der Waals surface area contributed by atoms with Crippen LogP contribution in [0, 0.1) is 11.8 Å². The summed E-state index contributed by atoms with van der Waals surface area (Å²) in [5.74, 6) is 8.39. The van der Waals surface area contributed by atoms with Gasteiger partial charge in [-0.15, -0.1) is 0 Å². The van der Waals surface area contributed by atoms with Crippen LogP contribution in [0.2, 0.25) is 0 Å². The molecule has 10 bridgehead atoms. The van der Waals surface area contributed by atoms with Gasteiger partial charge in [0.05, 0.1) is 106 Å². The lowest BCUT2D eigenvalue weighted by Crippen LogP contribution is -2.69. The minimum atomic E-state index is -4.67. The summed E-state index contributed by atoms with van der Waals surface area (Å²) < 4.78 is 128. The summed E-state index contributed by atoms with van der Waals surface area (Å²) in [4.78, 5) is 25.1. The Morgan fingerprint density at radius 2 is 0.863 bits per heavy atom. The highest BCUT2D eigenvalue weighted by atomic mass is 32.3. The Hall–Kier alpha value is -8.16. The minimum absolute atomic E-state index is 0. The maximum Gasteiger partial charge on any atom is 0.394 e. The zero-order valence-electron chi connectivity index (χ0n) is 77.2. The molecule has 2 saturated carbocycles. The number of nitrogens with zero attached hydrogens (tertiary/aromatic N) is 5. The second-order valence-electron chi connectivity index (χ2n) is 39.2. The first-order chi connectivity index (χ1) is 63.3. The number of Topliss-reactive ketones (excluding diaryl/α,β-unsaturated/α-hetero) is 1. The van der Waals surface area contributed by atoms with Crippen LogP contribution in [0.25, 0.3) is 0 Å². The van der Waals surface area contributed by atoms with Gasteiger partial charge in [-0.05, 0) is 238 Å². The molecular weight excluding hydrogens is 1700 g/mol. The number of piperidine rings is 5. The smallest absolute Gasteiger partial charge is 0.394 e. The summed E-state index contributed by atoms with van der Waals surface area (Å²) in [5, 5.41) is 33.3. The Balaban J connectivity index is 0.000000103. The summed E-state index contributed by atoms with van der Waals surface area (Å²) in [7, 11) is 17.7. The van der Waals surface area contributed by atoms with Crippen LogP contribution in [0.3, 0.4) is 0 Å². The van der Waals surface area contributed by atoms with E-state index >= 15 is 0 Å². The van der Waals surface area contributed by atoms with Crippen LogP contribution in [-0.2, 0) is 108 Å². The van der Waals surface area contributed by atoms with Crippen molar-refractivity contribution < 1.29 is 120 Å². The standard InChI is InChI=1S/C20H25NO4.C20H23NO4.C20H25NO4.C19H21NO3.C18H21NO3.C2H6O2.CH4O.H2O4S.H2/c2*1-21-8-7-19-13-5-6-20(23-9-10-24-20)18(19)25-17-15(22-2)4-3-12(16(17)19)11-14(13)21;1-21-8-7-19-12-20(24-9-10-25-20)6-5-14(19)15(21)11-13-3-4-16(23-2)18(22)17(13)19;1-20-9-8-19-12-5-7-15(22-3)18(19)23-17-14(21-2)6-4-11(16(17)19)10-13(12)20;1-19-8-7-18-11-4-5-13(20)17(18)22-16-14(21-2)6-3-10(15(16)18)9-12(11)19;3-1-2-4;1-2;1-5(2,3)4;/h3-4,13-14,18H,5-11H2,1-2H3;3-5,14,18H,6-11H2,1-2H3;3-5,15,22H,6-12H2,1-2H3;4-7,13,18H,8-10H2,1-3H3;3,6,11-12,17H,4-5,7-9H2,1-2H3;3-4H,1-2H2;2H,1H3;(H2,1,2,3,4);1H/t13?,14?,18-,19+;14?,18-,19+;15?,19-;13?,18-,19-;11-,12?,17-,18-;;;;/m11000..../s1. The van der Waals surface area contributed by atoms with Gasteiger partial charge in [-0.1, -0.05) is 48.6 Å². The molecule has 0 radical (unpaired) electrons. The van der Waals surface area contributed by atoms with Gasteiger partial charge >= 0.3 is 10.4 Å². The van der Waals surface area contributed by atoms with E-state index in [1.165, 1.54) is 66.8 Å². The lowest BCUT2D eigenvalue weighted by Gasteiger charge is -2.60.